The van der Waals surface area contributed by atoms with E-state index in [0.717, 1.165) is 34.8 Å². The summed E-state index contributed by atoms with van der Waals surface area (Å²) in [6.45, 7) is 0. The molecule has 0 saturated heterocycles. The van der Waals surface area contributed by atoms with E-state index in [1.54, 1.807) is 0 Å². The van der Waals surface area contributed by atoms with E-state index >= 15 is 0 Å². The number of aliphatic hydroxyl groups excluding tert-OH is 2. The zero-order valence-electron chi connectivity index (χ0n) is 19.1. The maximum absolute atomic E-state index is 12.0. The molecule has 0 bridgehead atoms. The van der Waals surface area contributed by atoms with Gasteiger partial charge in [0.15, 0.2) is 5.12 Å². The van der Waals surface area contributed by atoms with Gasteiger partial charge in [0, 0.05) is 50.4 Å². The third-order valence-corrected chi connectivity index (χ3v) is 12.9. The molecule has 0 rings (SSSR count). The Balaban J connectivity index is 3.51. The normalized spacial score (nSPS) is 11.8. The lowest BCUT2D eigenvalue weighted by Crippen LogP contribution is -2.10. The zero-order chi connectivity index (χ0) is 26.0. The highest BCUT2D eigenvalue weighted by atomic mass is 32.2. The van der Waals surface area contributed by atoms with Crippen LogP contribution in [-0.4, -0.2) is 117 Å². The van der Waals surface area contributed by atoms with Crippen LogP contribution in [0.15, 0.2) is 0 Å². The smallest absolute Gasteiger partial charge is 0.316 e. The van der Waals surface area contributed by atoms with Crippen molar-refractivity contribution < 1.29 is 38.3 Å². The van der Waals surface area contributed by atoms with Crippen LogP contribution in [0.3, 0.4) is 0 Å². The zero-order valence-corrected chi connectivity index (χ0v) is 26.5. The van der Waals surface area contributed by atoms with Gasteiger partial charge in [-0.15, -0.1) is 82.3 Å². The van der Waals surface area contributed by atoms with E-state index in [0.29, 0.717) is 27.6 Å². The minimum atomic E-state index is -1.02. The van der Waals surface area contributed by atoms with Crippen LogP contribution in [0, 0.1) is 0 Å². The summed E-state index contributed by atoms with van der Waals surface area (Å²) in [6, 6.07) is 0. The third-order valence-electron chi connectivity index (χ3n) is 3.17. The number of esters is 2. The molecule has 0 amide bonds. The quantitative estimate of drug-likeness (QED) is 0.0843. The van der Waals surface area contributed by atoms with E-state index in [9.17, 15) is 18.6 Å². The highest BCUT2D eigenvalue weighted by molar-refractivity contribution is 8.26. The molecule has 0 heterocycles. The number of thioether (sulfide) groups is 8. The minimum Gasteiger partial charge on any atom is -0.454 e. The van der Waals surface area contributed by atoms with Gasteiger partial charge in [0.25, 0.3) is 0 Å². The Morgan fingerprint density at radius 2 is 1.20 bits per heavy atom. The molecule has 17 heteroatoms. The van der Waals surface area contributed by atoms with Crippen LogP contribution in [0.4, 0.5) is 0 Å². The molecule has 1 unspecified atom stereocenters. The average Bonchev–Trinajstić information content (AvgIpc) is 2.84. The molecule has 0 aromatic carbocycles. The number of ether oxygens (including phenoxy) is 2. The molecule has 0 aliphatic carbocycles. The first kappa shape index (κ1) is 36.5. The minimum absolute atomic E-state index is 0.0316. The van der Waals surface area contributed by atoms with Crippen molar-refractivity contribution in [2.45, 2.75) is 0 Å². The first-order valence-corrected chi connectivity index (χ1v) is 20.6. The molecule has 0 radical (unpaired) electrons. The van der Waals surface area contributed by atoms with Gasteiger partial charge in [0.1, 0.15) is 11.9 Å². The van der Waals surface area contributed by atoms with Crippen LogP contribution >= 0.6 is 94.1 Å². The summed E-state index contributed by atoms with van der Waals surface area (Å²) in [6.07, 6.45) is 0. The second-order valence-electron chi connectivity index (χ2n) is 5.81. The molecule has 2 N–H and O–H groups in total. The van der Waals surface area contributed by atoms with Crippen molar-refractivity contribution in [3.05, 3.63) is 0 Å². The average molecular weight is 665 g/mol. The predicted molar refractivity (Wildman–Crippen MR) is 164 cm³/mol. The SMILES string of the molecule is O=C(CSCCS(=O)CSCSC(=O)CSCC(=O)OCSCCSCO)OCSCCSCO. The Morgan fingerprint density at radius 1 is 0.657 bits per heavy atom. The van der Waals surface area contributed by atoms with Crippen molar-refractivity contribution in [3.8, 4) is 0 Å². The fourth-order valence-electron chi connectivity index (χ4n) is 1.64. The summed E-state index contributed by atoms with van der Waals surface area (Å²) in [5, 5.41) is 18.2. The van der Waals surface area contributed by atoms with Gasteiger partial charge < -0.3 is 19.7 Å². The molecule has 0 spiro atoms. The van der Waals surface area contributed by atoms with Gasteiger partial charge in [0.2, 0.25) is 0 Å². The topological polar surface area (TPSA) is 127 Å². The van der Waals surface area contributed by atoms with E-state index in [1.807, 2.05) is 0 Å². The van der Waals surface area contributed by atoms with Crippen LogP contribution < -0.4 is 0 Å². The monoisotopic (exact) mass is 664 g/mol. The van der Waals surface area contributed by atoms with Gasteiger partial charge in [-0.1, -0.05) is 11.8 Å². The molecule has 0 aliphatic rings. The van der Waals surface area contributed by atoms with Crippen molar-refractivity contribution in [1.29, 1.82) is 0 Å². The van der Waals surface area contributed by atoms with Crippen LogP contribution in [0.1, 0.15) is 0 Å². The molecule has 35 heavy (non-hydrogen) atoms. The molecule has 0 saturated carbocycles. The Bertz CT molecular complexity index is 586. The Kier molecular flexibility index (Phi) is 29.7. The van der Waals surface area contributed by atoms with E-state index in [4.69, 9.17) is 19.7 Å². The Labute approximate surface area is 244 Å². The largest absolute Gasteiger partial charge is 0.454 e. The number of aliphatic hydroxyl groups is 2. The number of rotatable bonds is 25. The first-order chi connectivity index (χ1) is 17.0. The van der Waals surface area contributed by atoms with Gasteiger partial charge in [-0.25, -0.2) is 0 Å². The fraction of sp³-hybridized carbons (Fsp3) is 0.833. The van der Waals surface area contributed by atoms with Crippen LogP contribution in [0.25, 0.3) is 0 Å². The van der Waals surface area contributed by atoms with Gasteiger partial charge >= 0.3 is 11.9 Å². The molecule has 0 aromatic rings. The van der Waals surface area contributed by atoms with Crippen molar-refractivity contribution in [1.82, 2.24) is 0 Å². The van der Waals surface area contributed by atoms with Gasteiger partial charge in [-0.05, 0) is 0 Å². The molecule has 0 fully saturated rings. The summed E-state index contributed by atoms with van der Waals surface area (Å²) in [7, 11) is -1.02. The first-order valence-electron chi connectivity index (χ1n) is 10.1. The summed E-state index contributed by atoms with van der Waals surface area (Å²) < 4.78 is 22.2. The summed E-state index contributed by atoms with van der Waals surface area (Å²) >= 11 is 11.0. The fourth-order valence-corrected chi connectivity index (χ4v) is 10.1. The van der Waals surface area contributed by atoms with Crippen LogP contribution in [0.2, 0.25) is 0 Å². The van der Waals surface area contributed by atoms with Gasteiger partial charge in [-0.3, -0.25) is 18.6 Å². The van der Waals surface area contributed by atoms with Gasteiger partial charge in [0.05, 0.1) is 34.2 Å². The van der Waals surface area contributed by atoms with Crippen LogP contribution in [-0.2, 0) is 34.7 Å². The van der Waals surface area contributed by atoms with Crippen molar-refractivity contribution in [3.63, 3.8) is 0 Å². The lowest BCUT2D eigenvalue weighted by molar-refractivity contribution is -0.139. The molecular weight excluding hydrogens is 633 g/mol. The molecule has 206 valence electrons. The molecule has 1 atom stereocenters. The van der Waals surface area contributed by atoms with Crippen molar-refractivity contribution >= 4 is 122 Å². The van der Waals surface area contributed by atoms with E-state index < -0.39 is 10.8 Å². The number of hydrogen-bond acceptors (Lipinski definition) is 16. The number of hydrogen-bond donors (Lipinski definition) is 2. The van der Waals surface area contributed by atoms with E-state index in [1.165, 1.54) is 82.3 Å². The second-order valence-corrected chi connectivity index (χ2v) is 16.5. The third kappa shape index (κ3) is 28.3. The predicted octanol–water partition coefficient (Wildman–Crippen LogP) is 2.94. The number of carbonyl (C=O) groups excluding carboxylic acids is 3. The molecule has 0 aliphatic heterocycles. The molecule has 0 aromatic heterocycles. The maximum atomic E-state index is 12.0. The lowest BCUT2D eigenvalue weighted by atomic mass is 10.8. The highest BCUT2D eigenvalue weighted by Crippen LogP contribution is 2.17. The Hall–Kier alpha value is 1.48. The molecular formula is C18H32O8S9. The summed E-state index contributed by atoms with van der Waals surface area (Å²) in [5.41, 5.74) is 0. The Morgan fingerprint density at radius 3 is 1.77 bits per heavy atom. The number of carbonyl (C=O) groups is 3. The van der Waals surface area contributed by atoms with E-state index in [-0.39, 0.29) is 52.1 Å². The van der Waals surface area contributed by atoms with Gasteiger partial charge in [-0.2, -0.15) is 0 Å². The van der Waals surface area contributed by atoms with Crippen molar-refractivity contribution in [2.24, 2.45) is 0 Å². The standard InChI is InChI=1S/C18H32O8S9/c19-10-28-1-3-30-12-25-16(21)7-27-5-6-35(24)15-33-14-34-18(23)9-32-8-17(22)26-13-31-4-2-29-11-20/h19-20H,1-15H2. The lowest BCUT2D eigenvalue weighted by Gasteiger charge is -2.05. The summed E-state index contributed by atoms with van der Waals surface area (Å²) in [5.74, 6) is 5.00. The maximum Gasteiger partial charge on any atom is 0.316 e. The van der Waals surface area contributed by atoms with Crippen LogP contribution in [0.5, 0.6) is 0 Å². The highest BCUT2D eigenvalue weighted by Gasteiger charge is 2.09. The molecule has 8 nitrogen and oxygen atoms in total. The second kappa shape index (κ2) is 28.5. The van der Waals surface area contributed by atoms with Crippen molar-refractivity contribution in [2.75, 3.05) is 85.7 Å². The van der Waals surface area contributed by atoms with E-state index in [2.05, 4.69) is 0 Å². The summed E-state index contributed by atoms with van der Waals surface area (Å²) in [4.78, 5) is 35.1.